The number of ether oxygens (including phenoxy) is 1. The van der Waals surface area contributed by atoms with Crippen LogP contribution in [0.15, 0.2) is 0 Å². The second kappa shape index (κ2) is 9.55. The first kappa shape index (κ1) is 19.6. The van der Waals surface area contributed by atoms with E-state index in [1.165, 1.54) is 0 Å². The van der Waals surface area contributed by atoms with E-state index in [-0.39, 0.29) is 36.9 Å². The van der Waals surface area contributed by atoms with Crippen molar-refractivity contribution >= 4 is 18.3 Å². The Balaban J connectivity index is 0.00000361. The van der Waals surface area contributed by atoms with Gasteiger partial charge in [-0.15, -0.1) is 12.4 Å². The molecule has 1 fully saturated rings. The van der Waals surface area contributed by atoms with Crippen molar-refractivity contribution in [2.45, 2.75) is 39.7 Å². The number of aliphatic hydroxyl groups is 1. The van der Waals surface area contributed by atoms with Crippen LogP contribution in [0.25, 0.3) is 0 Å². The molecule has 0 bridgehead atoms. The molecule has 0 aliphatic carbocycles. The summed E-state index contributed by atoms with van der Waals surface area (Å²) in [6.07, 6.45) is 1.28. The maximum Gasteiger partial charge on any atom is 0.227 e. The molecule has 0 aromatic rings. The molecule has 5 nitrogen and oxygen atoms in total. The van der Waals surface area contributed by atoms with E-state index in [4.69, 9.17) is 4.74 Å². The van der Waals surface area contributed by atoms with Crippen molar-refractivity contribution in [3.8, 4) is 0 Å². The number of hydrogen-bond donors (Lipinski definition) is 3. The van der Waals surface area contributed by atoms with Crippen molar-refractivity contribution < 1.29 is 14.6 Å². The van der Waals surface area contributed by atoms with Crippen molar-refractivity contribution in [3.05, 3.63) is 0 Å². The predicted octanol–water partition coefficient (Wildman–Crippen LogP) is 0.948. The number of rotatable bonds is 7. The van der Waals surface area contributed by atoms with E-state index in [1.54, 1.807) is 0 Å². The van der Waals surface area contributed by atoms with E-state index in [0.29, 0.717) is 19.1 Å². The molecule has 120 valence electrons. The lowest BCUT2D eigenvalue weighted by Gasteiger charge is -2.32. The fraction of sp³-hybridized carbons (Fsp3) is 0.929. The van der Waals surface area contributed by atoms with E-state index in [1.807, 2.05) is 6.92 Å². The molecular weight excluding hydrogens is 280 g/mol. The first-order valence-corrected chi connectivity index (χ1v) is 7.19. The second-order valence-electron chi connectivity index (χ2n) is 6.14. The van der Waals surface area contributed by atoms with Gasteiger partial charge in [-0.1, -0.05) is 13.8 Å². The maximum absolute atomic E-state index is 12.1. The van der Waals surface area contributed by atoms with Gasteiger partial charge in [-0.05, 0) is 32.2 Å². The third-order valence-corrected chi connectivity index (χ3v) is 3.41. The number of amides is 1. The Morgan fingerprint density at radius 3 is 2.70 bits per heavy atom. The number of nitrogens with one attached hydrogen (secondary N) is 2. The molecule has 3 N–H and O–H groups in total. The smallest absolute Gasteiger partial charge is 0.227 e. The van der Waals surface area contributed by atoms with Crippen molar-refractivity contribution in [1.29, 1.82) is 0 Å². The SMILES string of the molecule is CC(C)COCC(O)CNC(=O)C1(C)CCCNC1.Cl. The van der Waals surface area contributed by atoms with Crippen LogP contribution in [-0.2, 0) is 9.53 Å². The van der Waals surface area contributed by atoms with E-state index >= 15 is 0 Å². The van der Waals surface area contributed by atoms with Crippen LogP contribution >= 0.6 is 12.4 Å². The number of carbonyl (C=O) groups is 1. The first-order valence-electron chi connectivity index (χ1n) is 7.19. The highest BCUT2D eigenvalue weighted by atomic mass is 35.5. The Bertz CT molecular complexity index is 282. The van der Waals surface area contributed by atoms with Gasteiger partial charge in [0.15, 0.2) is 0 Å². The lowest BCUT2D eigenvalue weighted by atomic mass is 9.82. The number of piperidine rings is 1. The third-order valence-electron chi connectivity index (χ3n) is 3.41. The van der Waals surface area contributed by atoms with Gasteiger partial charge in [-0.25, -0.2) is 0 Å². The predicted molar refractivity (Wildman–Crippen MR) is 82.1 cm³/mol. The van der Waals surface area contributed by atoms with Gasteiger partial charge < -0.3 is 20.5 Å². The zero-order valence-electron chi connectivity index (χ0n) is 12.8. The molecule has 2 atom stereocenters. The summed E-state index contributed by atoms with van der Waals surface area (Å²) >= 11 is 0. The molecule has 1 heterocycles. The summed E-state index contributed by atoms with van der Waals surface area (Å²) in [6.45, 7) is 8.94. The summed E-state index contributed by atoms with van der Waals surface area (Å²) in [6, 6.07) is 0. The van der Waals surface area contributed by atoms with Crippen molar-refractivity contribution in [1.82, 2.24) is 10.6 Å². The highest BCUT2D eigenvalue weighted by molar-refractivity contribution is 5.85. The summed E-state index contributed by atoms with van der Waals surface area (Å²) in [4.78, 5) is 12.1. The van der Waals surface area contributed by atoms with Crippen LogP contribution in [-0.4, -0.2) is 50.0 Å². The first-order chi connectivity index (χ1) is 8.94. The molecule has 1 aliphatic heterocycles. The average molecular weight is 309 g/mol. The molecular formula is C14H29ClN2O3. The number of hydrogen-bond acceptors (Lipinski definition) is 4. The molecule has 0 aromatic carbocycles. The van der Waals surface area contributed by atoms with Gasteiger partial charge in [0.2, 0.25) is 5.91 Å². The summed E-state index contributed by atoms with van der Waals surface area (Å²) < 4.78 is 5.35. The summed E-state index contributed by atoms with van der Waals surface area (Å²) in [5.74, 6) is 0.469. The highest BCUT2D eigenvalue weighted by Crippen LogP contribution is 2.25. The Morgan fingerprint density at radius 2 is 2.15 bits per heavy atom. The Kier molecular flexibility index (Phi) is 9.38. The Labute approximate surface area is 128 Å². The Hall–Kier alpha value is -0.360. The molecule has 1 amide bonds. The van der Waals surface area contributed by atoms with Gasteiger partial charge in [0.1, 0.15) is 0 Å². The zero-order chi connectivity index (χ0) is 14.3. The summed E-state index contributed by atoms with van der Waals surface area (Å²) in [5.41, 5.74) is -0.350. The van der Waals surface area contributed by atoms with Crippen LogP contribution in [0.2, 0.25) is 0 Å². The average Bonchev–Trinajstić information content (AvgIpc) is 2.36. The fourth-order valence-corrected chi connectivity index (χ4v) is 2.17. The molecule has 0 aromatic heterocycles. The number of aliphatic hydroxyl groups excluding tert-OH is 1. The van der Waals surface area contributed by atoms with E-state index in [0.717, 1.165) is 19.4 Å². The quantitative estimate of drug-likeness (QED) is 0.655. The van der Waals surface area contributed by atoms with Gasteiger partial charge >= 0.3 is 0 Å². The number of carbonyl (C=O) groups excluding carboxylic acids is 1. The maximum atomic E-state index is 12.1. The van der Waals surface area contributed by atoms with E-state index in [2.05, 4.69) is 24.5 Å². The minimum Gasteiger partial charge on any atom is -0.389 e. The van der Waals surface area contributed by atoms with E-state index < -0.39 is 6.10 Å². The highest BCUT2D eigenvalue weighted by Gasteiger charge is 2.34. The van der Waals surface area contributed by atoms with Crippen LogP contribution in [0, 0.1) is 11.3 Å². The van der Waals surface area contributed by atoms with Gasteiger partial charge in [0.05, 0.1) is 18.1 Å². The zero-order valence-corrected chi connectivity index (χ0v) is 13.6. The van der Waals surface area contributed by atoms with Crippen molar-refractivity contribution in [2.24, 2.45) is 11.3 Å². The van der Waals surface area contributed by atoms with Crippen LogP contribution in [0.1, 0.15) is 33.6 Å². The van der Waals surface area contributed by atoms with Gasteiger partial charge in [0, 0.05) is 19.7 Å². The largest absolute Gasteiger partial charge is 0.389 e. The molecule has 20 heavy (non-hydrogen) atoms. The minimum absolute atomic E-state index is 0. The van der Waals surface area contributed by atoms with Gasteiger partial charge in [-0.3, -0.25) is 4.79 Å². The topological polar surface area (TPSA) is 70.6 Å². The molecule has 0 saturated carbocycles. The molecule has 0 radical (unpaired) electrons. The molecule has 1 aliphatic rings. The number of halogens is 1. The minimum atomic E-state index is -0.636. The van der Waals surface area contributed by atoms with Crippen molar-refractivity contribution in [3.63, 3.8) is 0 Å². The van der Waals surface area contributed by atoms with Crippen molar-refractivity contribution in [2.75, 3.05) is 32.8 Å². The monoisotopic (exact) mass is 308 g/mol. The van der Waals surface area contributed by atoms with Gasteiger partial charge in [-0.2, -0.15) is 0 Å². The van der Waals surface area contributed by atoms with Crippen LogP contribution in [0.5, 0.6) is 0 Å². The van der Waals surface area contributed by atoms with Crippen LogP contribution < -0.4 is 10.6 Å². The van der Waals surface area contributed by atoms with Crippen LogP contribution in [0.3, 0.4) is 0 Å². The lowest BCUT2D eigenvalue weighted by molar-refractivity contribution is -0.131. The molecule has 1 rings (SSSR count). The second-order valence-corrected chi connectivity index (χ2v) is 6.14. The molecule has 1 saturated heterocycles. The summed E-state index contributed by atoms with van der Waals surface area (Å²) in [5, 5.41) is 15.8. The van der Waals surface area contributed by atoms with Gasteiger partial charge in [0.25, 0.3) is 0 Å². The molecule has 2 unspecified atom stereocenters. The van der Waals surface area contributed by atoms with Crippen LogP contribution in [0.4, 0.5) is 0 Å². The standard InChI is InChI=1S/C14H28N2O3.ClH/c1-11(2)8-19-9-12(17)7-16-13(18)14(3)5-4-6-15-10-14;/h11-12,15,17H,4-10H2,1-3H3,(H,16,18);1H. The lowest BCUT2D eigenvalue weighted by Crippen LogP contribution is -2.50. The van der Waals surface area contributed by atoms with E-state index in [9.17, 15) is 9.90 Å². The third kappa shape index (κ3) is 6.88. The fourth-order valence-electron chi connectivity index (χ4n) is 2.17. The normalized spacial score (nSPS) is 24.1. The Morgan fingerprint density at radius 1 is 1.45 bits per heavy atom. The molecule has 6 heteroatoms. The summed E-state index contributed by atoms with van der Waals surface area (Å²) in [7, 11) is 0. The molecule has 0 spiro atoms.